The zero-order chi connectivity index (χ0) is 19.2. The molecule has 0 aliphatic carbocycles. The summed E-state index contributed by atoms with van der Waals surface area (Å²) in [6.07, 6.45) is 0.511. The first-order valence-electron chi connectivity index (χ1n) is 8.58. The highest BCUT2D eigenvalue weighted by molar-refractivity contribution is 6.06. The molecular weight excluding hydrogens is 343 g/mol. The van der Waals surface area contributed by atoms with Gasteiger partial charge in [-0.15, -0.1) is 11.8 Å². The fourth-order valence-corrected chi connectivity index (χ4v) is 2.62. The highest BCUT2D eigenvalue weighted by atomic mass is 19.1. The molecule has 1 amide bonds. The van der Waals surface area contributed by atoms with Crippen molar-refractivity contribution in [1.82, 2.24) is 4.98 Å². The van der Waals surface area contributed by atoms with E-state index in [1.165, 1.54) is 12.1 Å². The van der Waals surface area contributed by atoms with Gasteiger partial charge >= 0.3 is 0 Å². The van der Waals surface area contributed by atoms with Gasteiger partial charge in [0.05, 0.1) is 17.8 Å². The Morgan fingerprint density at radius 3 is 2.89 bits per heavy atom. The Morgan fingerprint density at radius 2 is 2.07 bits per heavy atom. The molecule has 5 heteroatoms. The van der Waals surface area contributed by atoms with Crippen molar-refractivity contribution in [2.75, 3.05) is 11.9 Å². The third kappa shape index (κ3) is 4.42. The molecule has 27 heavy (non-hydrogen) atoms. The fraction of sp³-hybridized carbons (Fsp3) is 0.182. The number of aryl methyl sites for hydroxylation is 1. The molecule has 0 radical (unpaired) electrons. The van der Waals surface area contributed by atoms with Crippen LogP contribution in [0.2, 0.25) is 0 Å². The van der Waals surface area contributed by atoms with Crippen molar-refractivity contribution in [3.05, 3.63) is 65.6 Å². The number of aromatic nitrogens is 1. The molecule has 0 aliphatic rings. The number of fused-ring (bicyclic) bond motifs is 1. The van der Waals surface area contributed by atoms with E-state index < -0.39 is 11.7 Å². The van der Waals surface area contributed by atoms with Crippen molar-refractivity contribution in [3.63, 3.8) is 0 Å². The van der Waals surface area contributed by atoms with Gasteiger partial charge in [-0.3, -0.25) is 9.78 Å². The van der Waals surface area contributed by atoms with Gasteiger partial charge < -0.3 is 10.1 Å². The first-order valence-corrected chi connectivity index (χ1v) is 8.58. The molecule has 0 spiro atoms. The number of amides is 1. The summed E-state index contributed by atoms with van der Waals surface area (Å²) in [5, 5.41) is 3.45. The van der Waals surface area contributed by atoms with Gasteiger partial charge in [0.25, 0.3) is 5.91 Å². The molecule has 0 saturated heterocycles. The number of carbonyl (C=O) groups excluding carboxylic acids is 1. The van der Waals surface area contributed by atoms with E-state index in [0.717, 1.165) is 16.6 Å². The number of benzene rings is 2. The van der Waals surface area contributed by atoms with Crippen LogP contribution < -0.4 is 10.1 Å². The summed E-state index contributed by atoms with van der Waals surface area (Å²) in [6, 6.07) is 13.6. The van der Waals surface area contributed by atoms with E-state index in [2.05, 4.69) is 22.1 Å². The van der Waals surface area contributed by atoms with Crippen LogP contribution in [-0.4, -0.2) is 17.5 Å². The van der Waals surface area contributed by atoms with Crippen molar-refractivity contribution < 1.29 is 13.9 Å². The van der Waals surface area contributed by atoms with Crippen LogP contribution in [0.3, 0.4) is 0 Å². The highest BCUT2D eigenvalue weighted by Crippen LogP contribution is 2.25. The van der Waals surface area contributed by atoms with Crippen LogP contribution in [0.15, 0.2) is 48.5 Å². The van der Waals surface area contributed by atoms with Gasteiger partial charge in [-0.05, 0) is 50.2 Å². The van der Waals surface area contributed by atoms with E-state index in [0.29, 0.717) is 12.0 Å². The van der Waals surface area contributed by atoms with Crippen LogP contribution >= 0.6 is 0 Å². The minimum atomic E-state index is -0.603. The highest BCUT2D eigenvalue weighted by Gasteiger charge is 2.13. The Bertz CT molecular complexity index is 1050. The third-order valence-corrected chi connectivity index (χ3v) is 3.96. The maximum absolute atomic E-state index is 14.6. The number of hydrogen-bond donors (Lipinski definition) is 1. The average molecular weight is 362 g/mol. The maximum atomic E-state index is 14.6. The Balaban J connectivity index is 1.77. The van der Waals surface area contributed by atoms with Gasteiger partial charge in [0.2, 0.25) is 0 Å². The molecule has 0 fully saturated rings. The quantitative estimate of drug-likeness (QED) is 0.527. The lowest BCUT2D eigenvalue weighted by Crippen LogP contribution is -2.13. The number of pyridine rings is 1. The van der Waals surface area contributed by atoms with E-state index in [9.17, 15) is 9.18 Å². The van der Waals surface area contributed by atoms with Crippen molar-refractivity contribution >= 4 is 22.5 Å². The lowest BCUT2D eigenvalue weighted by atomic mass is 10.1. The summed E-state index contributed by atoms with van der Waals surface area (Å²) in [4.78, 5) is 16.9. The molecular formula is C22H19FN2O2. The smallest absolute Gasteiger partial charge is 0.255 e. The number of rotatable bonds is 5. The Labute approximate surface area is 157 Å². The summed E-state index contributed by atoms with van der Waals surface area (Å²) in [6.45, 7) is 3.93. The molecule has 0 unspecified atom stereocenters. The second-order valence-electron chi connectivity index (χ2n) is 5.96. The predicted molar refractivity (Wildman–Crippen MR) is 104 cm³/mol. The van der Waals surface area contributed by atoms with Crippen LogP contribution in [-0.2, 0) is 0 Å². The first-order chi connectivity index (χ1) is 13.1. The maximum Gasteiger partial charge on any atom is 0.255 e. The Hall–Kier alpha value is -3.39. The minimum Gasteiger partial charge on any atom is -0.489 e. The van der Waals surface area contributed by atoms with Crippen molar-refractivity contribution in [3.8, 4) is 17.6 Å². The molecule has 0 aliphatic heterocycles. The summed E-state index contributed by atoms with van der Waals surface area (Å²) in [5.74, 6) is 4.69. The zero-order valence-electron chi connectivity index (χ0n) is 15.2. The number of nitrogens with zero attached hydrogens (tertiary/aromatic N) is 1. The van der Waals surface area contributed by atoms with Crippen LogP contribution in [0.1, 0.15) is 29.4 Å². The van der Waals surface area contributed by atoms with Crippen molar-refractivity contribution in [2.24, 2.45) is 0 Å². The number of ether oxygens (including phenoxy) is 1. The fourth-order valence-electron chi connectivity index (χ4n) is 2.62. The average Bonchev–Trinajstić information content (AvgIpc) is 2.67. The molecule has 1 N–H and O–H groups in total. The zero-order valence-corrected chi connectivity index (χ0v) is 15.2. The van der Waals surface area contributed by atoms with Crippen LogP contribution in [0.4, 0.5) is 10.1 Å². The minimum absolute atomic E-state index is 0.0706. The number of carbonyl (C=O) groups is 1. The lowest BCUT2D eigenvalue weighted by Gasteiger charge is -2.11. The molecule has 136 valence electrons. The first kappa shape index (κ1) is 18.4. The number of halogens is 1. The largest absolute Gasteiger partial charge is 0.489 e. The molecule has 1 heterocycles. The lowest BCUT2D eigenvalue weighted by molar-refractivity contribution is 0.102. The summed E-state index contributed by atoms with van der Waals surface area (Å²) >= 11 is 0. The second-order valence-corrected chi connectivity index (χ2v) is 5.96. The van der Waals surface area contributed by atoms with Crippen LogP contribution in [0, 0.1) is 24.6 Å². The molecule has 3 rings (SSSR count). The predicted octanol–water partition coefficient (Wildman–Crippen LogP) is 4.73. The molecule has 0 bridgehead atoms. The van der Waals surface area contributed by atoms with Gasteiger partial charge in [-0.1, -0.05) is 12.1 Å². The second kappa shape index (κ2) is 8.33. The third-order valence-electron chi connectivity index (χ3n) is 3.96. The topological polar surface area (TPSA) is 51.2 Å². The SMILES string of the molecule is CC#CCCOc1cccc(NC(=O)c2ccc3nc(C)ccc3c2)c1F. The summed E-state index contributed by atoms with van der Waals surface area (Å²) in [5.41, 5.74) is 2.21. The van der Waals surface area contributed by atoms with Gasteiger partial charge in [-0.25, -0.2) is 4.39 Å². The van der Waals surface area contributed by atoms with Crippen molar-refractivity contribution in [1.29, 1.82) is 0 Å². The van der Waals surface area contributed by atoms with Crippen LogP contribution in [0.5, 0.6) is 5.75 Å². The molecule has 2 aromatic carbocycles. The van der Waals surface area contributed by atoms with E-state index >= 15 is 0 Å². The Morgan fingerprint density at radius 1 is 1.22 bits per heavy atom. The van der Waals surface area contributed by atoms with Gasteiger partial charge in [0.1, 0.15) is 0 Å². The normalized spacial score (nSPS) is 10.2. The molecule has 4 nitrogen and oxygen atoms in total. The molecule has 3 aromatic rings. The van der Waals surface area contributed by atoms with E-state index in [4.69, 9.17) is 4.74 Å². The molecule has 1 aromatic heterocycles. The number of nitrogens with one attached hydrogen (secondary N) is 1. The number of anilines is 1. The molecule has 0 atom stereocenters. The standard InChI is InChI=1S/C22H19FN2O2/c1-3-4-5-13-27-20-8-6-7-19(21(20)23)25-22(26)17-11-12-18-16(14-17)10-9-15(2)24-18/h6-12,14H,5,13H2,1-2H3,(H,25,26). The van der Waals surface area contributed by atoms with Crippen molar-refractivity contribution in [2.45, 2.75) is 20.3 Å². The molecule has 0 saturated carbocycles. The summed E-state index contributed by atoms with van der Waals surface area (Å²) in [7, 11) is 0. The van der Waals surface area contributed by atoms with Gasteiger partial charge in [0.15, 0.2) is 11.6 Å². The van der Waals surface area contributed by atoms with Gasteiger partial charge in [-0.2, -0.15) is 0 Å². The van der Waals surface area contributed by atoms with E-state index in [1.807, 2.05) is 19.1 Å². The Kier molecular flexibility index (Phi) is 5.68. The van der Waals surface area contributed by atoms with Gasteiger partial charge in [0, 0.05) is 23.1 Å². The number of hydrogen-bond acceptors (Lipinski definition) is 3. The van der Waals surface area contributed by atoms with E-state index in [1.54, 1.807) is 31.2 Å². The monoisotopic (exact) mass is 362 g/mol. The summed E-state index contributed by atoms with van der Waals surface area (Å²) < 4.78 is 20.0. The van der Waals surface area contributed by atoms with Crippen LogP contribution in [0.25, 0.3) is 10.9 Å². The van der Waals surface area contributed by atoms with E-state index in [-0.39, 0.29) is 18.0 Å².